The van der Waals surface area contributed by atoms with E-state index in [2.05, 4.69) is 4.98 Å². The summed E-state index contributed by atoms with van der Waals surface area (Å²) >= 11 is 0. The van der Waals surface area contributed by atoms with Crippen LogP contribution in [0.15, 0.2) is 53.6 Å². The maximum absolute atomic E-state index is 13.8. The summed E-state index contributed by atoms with van der Waals surface area (Å²) in [7, 11) is -4.03. The molecule has 0 atom stereocenters. The number of aromatic nitrogens is 1. The summed E-state index contributed by atoms with van der Waals surface area (Å²) in [5, 5.41) is 0. The minimum atomic E-state index is -4.03. The normalized spacial score (nSPS) is 14.7. The van der Waals surface area contributed by atoms with Gasteiger partial charge in [-0.15, -0.1) is 0 Å². The van der Waals surface area contributed by atoms with Crippen molar-refractivity contribution < 1.29 is 27.1 Å². The molecule has 136 valence electrons. The van der Waals surface area contributed by atoms with Gasteiger partial charge >= 0.3 is 5.97 Å². The molecule has 1 aliphatic heterocycles. The van der Waals surface area contributed by atoms with Gasteiger partial charge < -0.3 is 9.47 Å². The number of carbonyl (C=O) groups excluding carboxylic acids is 1. The van der Waals surface area contributed by atoms with E-state index in [4.69, 9.17) is 9.47 Å². The van der Waals surface area contributed by atoms with Crippen molar-refractivity contribution in [3.05, 3.63) is 60.1 Å². The highest BCUT2D eigenvalue weighted by Crippen LogP contribution is 2.31. The molecule has 3 rings (SSSR count). The summed E-state index contributed by atoms with van der Waals surface area (Å²) in [5.41, 5.74) is 0.727. The molecule has 1 aromatic carbocycles. The van der Waals surface area contributed by atoms with Crippen LogP contribution >= 0.6 is 0 Å². The summed E-state index contributed by atoms with van der Waals surface area (Å²) in [6.07, 6.45) is 2.89. The number of carbonyl (C=O) groups is 1. The van der Waals surface area contributed by atoms with Gasteiger partial charge in [0.25, 0.3) is 5.88 Å². The Kier molecular flexibility index (Phi) is 4.53. The molecule has 0 saturated carbocycles. The van der Waals surface area contributed by atoms with Gasteiger partial charge in [-0.05, 0) is 49.8 Å². The molecule has 26 heavy (non-hydrogen) atoms. The zero-order chi connectivity index (χ0) is 18.9. The molecular formula is C18H16FNO5S. The first-order valence-electron chi connectivity index (χ1n) is 7.74. The lowest BCUT2D eigenvalue weighted by molar-refractivity contribution is -0.133. The third-order valence-electron chi connectivity index (χ3n) is 3.89. The molecule has 0 unspecified atom stereocenters. The quantitative estimate of drug-likeness (QED) is 0.745. The van der Waals surface area contributed by atoms with Crippen LogP contribution in [0, 0.1) is 5.82 Å². The van der Waals surface area contributed by atoms with Crippen LogP contribution in [0.25, 0.3) is 5.57 Å². The van der Waals surface area contributed by atoms with Gasteiger partial charge in [0.05, 0.1) is 10.5 Å². The fourth-order valence-electron chi connectivity index (χ4n) is 2.45. The van der Waals surface area contributed by atoms with Crippen molar-refractivity contribution in [1.29, 1.82) is 0 Å². The fourth-order valence-corrected chi connectivity index (χ4v) is 3.74. The van der Waals surface area contributed by atoms with E-state index in [1.807, 2.05) is 0 Å². The Bertz CT molecular complexity index is 998. The monoisotopic (exact) mass is 377 g/mol. The maximum atomic E-state index is 13.8. The second kappa shape index (κ2) is 6.53. The van der Waals surface area contributed by atoms with E-state index >= 15 is 0 Å². The first kappa shape index (κ1) is 18.1. The second-order valence-corrected chi connectivity index (χ2v) is 8.50. The third kappa shape index (κ3) is 3.20. The average Bonchev–Trinajstić information content (AvgIpc) is 3.03. The van der Waals surface area contributed by atoms with Crippen LogP contribution in [0.5, 0.6) is 5.88 Å². The molecule has 8 heteroatoms. The zero-order valence-corrected chi connectivity index (χ0v) is 14.9. The number of benzene rings is 1. The topological polar surface area (TPSA) is 82.6 Å². The predicted molar refractivity (Wildman–Crippen MR) is 91.5 cm³/mol. The number of sulfone groups is 1. The van der Waals surface area contributed by atoms with E-state index in [0.717, 1.165) is 6.07 Å². The number of nitrogens with zero attached hydrogens (tertiary/aromatic N) is 1. The summed E-state index contributed by atoms with van der Waals surface area (Å²) < 4.78 is 50.0. The van der Waals surface area contributed by atoms with Gasteiger partial charge in [-0.2, -0.15) is 0 Å². The standard InChI is InChI=1S/C18H16FNO5S/c1-18(2,25-16-15(19)7-4-9-20-16)26(22,23)13-6-3-5-12(11-13)14-8-10-24-17(14)21/h3-9,11H,10H2,1-2H3. The molecule has 6 nitrogen and oxygen atoms in total. The van der Waals surface area contributed by atoms with Crippen LogP contribution in [0.1, 0.15) is 19.4 Å². The first-order chi connectivity index (χ1) is 12.2. The molecule has 2 heterocycles. The minimum absolute atomic E-state index is 0.0584. The molecule has 1 aromatic heterocycles. The van der Waals surface area contributed by atoms with Crippen molar-refractivity contribution in [2.75, 3.05) is 6.61 Å². The highest BCUT2D eigenvalue weighted by Gasteiger charge is 2.39. The summed E-state index contributed by atoms with van der Waals surface area (Å²) in [4.78, 5) is 13.6. The number of pyridine rings is 1. The van der Waals surface area contributed by atoms with Crippen molar-refractivity contribution >= 4 is 21.4 Å². The van der Waals surface area contributed by atoms with E-state index in [1.54, 1.807) is 12.1 Å². The smallest absolute Gasteiger partial charge is 0.338 e. The molecule has 0 aliphatic carbocycles. The SMILES string of the molecule is CC(C)(Oc1ncccc1F)S(=O)(=O)c1cccc(C2=CCOC2=O)c1. The van der Waals surface area contributed by atoms with Gasteiger partial charge in [0, 0.05) is 6.20 Å². The first-order valence-corrected chi connectivity index (χ1v) is 9.22. The Balaban J connectivity index is 1.97. The summed E-state index contributed by atoms with van der Waals surface area (Å²) in [5.74, 6) is -1.67. The fraction of sp³-hybridized carbons (Fsp3) is 0.222. The highest BCUT2D eigenvalue weighted by atomic mass is 32.2. The number of hydrogen-bond donors (Lipinski definition) is 0. The molecule has 2 aromatic rings. The summed E-state index contributed by atoms with van der Waals surface area (Å²) in [6.45, 7) is 2.77. The molecule has 0 bridgehead atoms. The number of esters is 1. The zero-order valence-electron chi connectivity index (χ0n) is 14.1. The number of cyclic esters (lactones) is 1. The van der Waals surface area contributed by atoms with E-state index < -0.39 is 32.4 Å². The number of ether oxygens (including phenoxy) is 2. The number of rotatable bonds is 5. The molecule has 0 radical (unpaired) electrons. The lowest BCUT2D eigenvalue weighted by atomic mass is 10.1. The Hall–Kier alpha value is -2.74. The van der Waals surface area contributed by atoms with Crippen molar-refractivity contribution in [3.63, 3.8) is 0 Å². The largest absolute Gasteiger partial charge is 0.458 e. The minimum Gasteiger partial charge on any atom is -0.458 e. The molecule has 0 amide bonds. The van der Waals surface area contributed by atoms with E-state index in [9.17, 15) is 17.6 Å². The Morgan fingerprint density at radius 3 is 2.65 bits per heavy atom. The molecule has 0 fully saturated rings. The molecule has 1 aliphatic rings. The summed E-state index contributed by atoms with van der Waals surface area (Å²) in [6, 6.07) is 8.40. The van der Waals surface area contributed by atoms with Crippen molar-refractivity contribution in [1.82, 2.24) is 4.98 Å². The number of halogens is 1. The van der Waals surface area contributed by atoms with E-state index in [1.165, 1.54) is 44.3 Å². The molecule has 0 spiro atoms. The maximum Gasteiger partial charge on any atom is 0.338 e. The predicted octanol–water partition coefficient (Wildman–Crippen LogP) is 2.75. The van der Waals surface area contributed by atoms with Gasteiger partial charge in [0.1, 0.15) is 6.61 Å². The van der Waals surface area contributed by atoms with Gasteiger partial charge in [-0.25, -0.2) is 22.6 Å². The van der Waals surface area contributed by atoms with Crippen LogP contribution in [0.2, 0.25) is 0 Å². The Morgan fingerprint density at radius 1 is 1.23 bits per heavy atom. The highest BCUT2D eigenvalue weighted by molar-refractivity contribution is 7.92. The van der Waals surface area contributed by atoms with Crippen LogP contribution in [-0.4, -0.2) is 30.9 Å². The van der Waals surface area contributed by atoms with Crippen molar-refractivity contribution in [3.8, 4) is 5.88 Å². The third-order valence-corrected chi connectivity index (χ3v) is 6.14. The Labute approximate surface area is 150 Å². The van der Waals surface area contributed by atoms with Gasteiger partial charge in [0.2, 0.25) is 14.8 Å². The van der Waals surface area contributed by atoms with Crippen LogP contribution < -0.4 is 4.74 Å². The second-order valence-electron chi connectivity index (χ2n) is 6.04. The molecule has 0 saturated heterocycles. The van der Waals surface area contributed by atoms with E-state index in [0.29, 0.717) is 11.1 Å². The van der Waals surface area contributed by atoms with Crippen LogP contribution in [-0.2, 0) is 19.4 Å². The van der Waals surface area contributed by atoms with E-state index in [-0.39, 0.29) is 11.5 Å². The average molecular weight is 377 g/mol. The molecular weight excluding hydrogens is 361 g/mol. The van der Waals surface area contributed by atoms with Crippen LogP contribution in [0.4, 0.5) is 4.39 Å². The van der Waals surface area contributed by atoms with Gasteiger partial charge in [0.15, 0.2) is 5.82 Å². The van der Waals surface area contributed by atoms with Crippen molar-refractivity contribution in [2.24, 2.45) is 0 Å². The molecule has 0 N–H and O–H groups in total. The van der Waals surface area contributed by atoms with Crippen molar-refractivity contribution in [2.45, 2.75) is 23.7 Å². The van der Waals surface area contributed by atoms with Gasteiger partial charge in [-0.3, -0.25) is 0 Å². The van der Waals surface area contributed by atoms with Gasteiger partial charge in [-0.1, -0.05) is 12.1 Å². The number of hydrogen-bond acceptors (Lipinski definition) is 6. The Morgan fingerprint density at radius 2 is 2.00 bits per heavy atom. The van der Waals surface area contributed by atoms with Crippen LogP contribution in [0.3, 0.4) is 0 Å². The lowest BCUT2D eigenvalue weighted by Gasteiger charge is -2.26. The lowest BCUT2D eigenvalue weighted by Crippen LogP contribution is -2.38.